The van der Waals surface area contributed by atoms with E-state index >= 15 is 0 Å². The molecule has 0 unspecified atom stereocenters. The zero-order valence-corrected chi connectivity index (χ0v) is 14.7. The summed E-state index contributed by atoms with van der Waals surface area (Å²) in [7, 11) is 0. The minimum atomic E-state index is -0.412. The highest BCUT2D eigenvalue weighted by molar-refractivity contribution is 8.00. The molecule has 5 nitrogen and oxygen atoms in total. The number of nitrogens with two attached hydrogens (primary N) is 1. The van der Waals surface area contributed by atoms with Crippen molar-refractivity contribution in [1.29, 1.82) is 0 Å². The number of thioether (sulfide) groups is 1. The largest absolute Gasteiger partial charge is 0.366 e. The zero-order chi connectivity index (χ0) is 16.9. The number of aromatic nitrogens is 2. The summed E-state index contributed by atoms with van der Waals surface area (Å²) < 4.78 is 0.893. The number of hydrogen-bond donors (Lipinski definition) is 2. The van der Waals surface area contributed by atoms with Crippen molar-refractivity contribution in [3.05, 3.63) is 65.2 Å². The average Bonchev–Trinajstić information content (AvgIpc) is 3.01. The Kier molecular flexibility index (Phi) is 5.12. The number of nitrogens with zero attached hydrogens (tertiary/aromatic N) is 2. The summed E-state index contributed by atoms with van der Waals surface area (Å²) in [5.41, 5.74) is 9.06. The molecule has 1 heterocycles. The second-order valence-electron chi connectivity index (χ2n) is 5.22. The van der Waals surface area contributed by atoms with Crippen molar-refractivity contribution < 1.29 is 4.79 Å². The first-order valence-electron chi connectivity index (χ1n) is 7.29. The van der Waals surface area contributed by atoms with Gasteiger partial charge in [-0.3, -0.25) is 4.79 Å². The number of benzene rings is 2. The van der Waals surface area contributed by atoms with Crippen LogP contribution in [0.3, 0.4) is 0 Å². The number of rotatable bonds is 6. The number of aryl methyl sites for hydroxylation is 1. The van der Waals surface area contributed by atoms with E-state index in [0.717, 1.165) is 26.5 Å². The molecule has 24 heavy (non-hydrogen) atoms. The number of nitrogens with one attached hydrogen (secondary N) is 1. The van der Waals surface area contributed by atoms with Crippen molar-refractivity contribution >= 4 is 39.8 Å². The number of carbonyl (C=O) groups excluding carboxylic acids is 1. The Morgan fingerprint density at radius 1 is 1.21 bits per heavy atom. The average molecular weight is 356 g/mol. The van der Waals surface area contributed by atoms with Crippen LogP contribution in [0.2, 0.25) is 0 Å². The first-order valence-corrected chi connectivity index (χ1v) is 9.09. The number of hydrogen-bond acceptors (Lipinski definition) is 6. The van der Waals surface area contributed by atoms with Gasteiger partial charge >= 0.3 is 0 Å². The van der Waals surface area contributed by atoms with Gasteiger partial charge in [-0.05, 0) is 42.3 Å². The van der Waals surface area contributed by atoms with Crippen LogP contribution >= 0.6 is 23.1 Å². The quantitative estimate of drug-likeness (QED) is 0.653. The third kappa shape index (κ3) is 4.33. The maximum absolute atomic E-state index is 11.1. The lowest BCUT2D eigenvalue weighted by atomic mass is 10.1. The molecule has 0 aliphatic carbocycles. The molecule has 0 atom stereocenters. The van der Waals surface area contributed by atoms with E-state index in [1.54, 1.807) is 23.9 Å². The van der Waals surface area contributed by atoms with Crippen LogP contribution in [0.25, 0.3) is 0 Å². The van der Waals surface area contributed by atoms with Crippen LogP contribution in [-0.2, 0) is 5.75 Å². The molecule has 0 bridgehead atoms. The lowest BCUT2D eigenvalue weighted by molar-refractivity contribution is 0.100. The van der Waals surface area contributed by atoms with Gasteiger partial charge in [-0.1, -0.05) is 47.4 Å². The highest BCUT2D eigenvalue weighted by atomic mass is 32.2. The van der Waals surface area contributed by atoms with Gasteiger partial charge in [0.1, 0.15) is 0 Å². The molecule has 0 saturated carbocycles. The van der Waals surface area contributed by atoms with Crippen molar-refractivity contribution in [1.82, 2.24) is 10.2 Å². The Labute approximate surface area is 148 Å². The van der Waals surface area contributed by atoms with Crippen molar-refractivity contribution in [2.24, 2.45) is 5.73 Å². The molecule has 3 aromatic rings. The molecule has 0 aliphatic rings. The van der Waals surface area contributed by atoms with Crippen molar-refractivity contribution in [3.63, 3.8) is 0 Å². The molecular weight excluding hydrogens is 340 g/mol. The Morgan fingerprint density at radius 2 is 2.00 bits per heavy atom. The van der Waals surface area contributed by atoms with E-state index in [2.05, 4.69) is 34.6 Å². The van der Waals surface area contributed by atoms with Gasteiger partial charge in [0.15, 0.2) is 4.34 Å². The van der Waals surface area contributed by atoms with E-state index in [1.165, 1.54) is 16.9 Å². The Bertz CT molecular complexity index is 846. The standard InChI is InChI=1S/C17H16N4OS2/c1-11-3-2-4-14(9-11)19-16-20-21-17(24-16)23-10-12-5-7-13(8-6-12)15(18)22/h2-9H,10H2,1H3,(H2,18,22)(H,19,20). The van der Waals surface area contributed by atoms with Crippen molar-refractivity contribution in [3.8, 4) is 0 Å². The summed E-state index contributed by atoms with van der Waals surface area (Å²) in [6.07, 6.45) is 0. The van der Waals surface area contributed by atoms with Gasteiger partial charge in [0.2, 0.25) is 11.0 Å². The maximum atomic E-state index is 11.1. The molecule has 0 aliphatic heterocycles. The Morgan fingerprint density at radius 3 is 2.71 bits per heavy atom. The lowest BCUT2D eigenvalue weighted by Gasteiger charge is -2.02. The molecular formula is C17H16N4OS2. The third-order valence-corrected chi connectivity index (χ3v) is 5.32. The first-order chi connectivity index (χ1) is 11.6. The molecule has 1 amide bonds. The predicted octanol–water partition coefficient (Wildman–Crippen LogP) is 3.98. The number of carbonyl (C=O) groups is 1. The number of amides is 1. The van der Waals surface area contributed by atoms with E-state index in [9.17, 15) is 4.79 Å². The predicted molar refractivity (Wildman–Crippen MR) is 98.9 cm³/mol. The summed E-state index contributed by atoms with van der Waals surface area (Å²) in [5.74, 6) is 0.350. The third-order valence-electron chi connectivity index (χ3n) is 3.28. The van der Waals surface area contributed by atoms with E-state index in [4.69, 9.17) is 5.73 Å². The first kappa shape index (κ1) is 16.5. The summed E-state index contributed by atoms with van der Waals surface area (Å²) >= 11 is 3.13. The maximum Gasteiger partial charge on any atom is 0.248 e. The van der Waals surface area contributed by atoms with E-state index < -0.39 is 5.91 Å². The fourth-order valence-corrected chi connectivity index (χ4v) is 3.80. The van der Waals surface area contributed by atoms with Gasteiger partial charge in [-0.15, -0.1) is 10.2 Å². The van der Waals surface area contributed by atoms with Gasteiger partial charge in [0.25, 0.3) is 0 Å². The fourth-order valence-electron chi connectivity index (χ4n) is 2.08. The van der Waals surface area contributed by atoms with Crippen LogP contribution in [0.1, 0.15) is 21.5 Å². The molecule has 0 radical (unpaired) electrons. The van der Waals surface area contributed by atoms with E-state index in [0.29, 0.717) is 5.56 Å². The van der Waals surface area contributed by atoms with Crippen LogP contribution in [0.5, 0.6) is 0 Å². The summed E-state index contributed by atoms with van der Waals surface area (Å²) in [6.45, 7) is 2.05. The fraction of sp³-hybridized carbons (Fsp3) is 0.118. The molecule has 1 aromatic heterocycles. The summed E-state index contributed by atoms with van der Waals surface area (Å²) in [4.78, 5) is 11.1. The van der Waals surface area contributed by atoms with Gasteiger partial charge in [-0.25, -0.2) is 0 Å². The van der Waals surface area contributed by atoms with Gasteiger partial charge in [0, 0.05) is 17.0 Å². The zero-order valence-electron chi connectivity index (χ0n) is 13.0. The SMILES string of the molecule is Cc1cccc(Nc2nnc(SCc3ccc(C(N)=O)cc3)s2)c1. The molecule has 0 saturated heterocycles. The minimum absolute atomic E-state index is 0.412. The second-order valence-corrected chi connectivity index (χ2v) is 7.42. The highest BCUT2D eigenvalue weighted by Crippen LogP contribution is 2.30. The normalized spacial score (nSPS) is 10.5. The van der Waals surface area contributed by atoms with Crippen LogP contribution in [-0.4, -0.2) is 16.1 Å². The molecule has 3 rings (SSSR count). The van der Waals surface area contributed by atoms with Gasteiger partial charge in [-0.2, -0.15) is 0 Å². The van der Waals surface area contributed by atoms with Gasteiger partial charge < -0.3 is 11.1 Å². The number of primary amides is 1. The smallest absolute Gasteiger partial charge is 0.248 e. The highest BCUT2D eigenvalue weighted by Gasteiger charge is 2.06. The topological polar surface area (TPSA) is 80.9 Å². The molecule has 122 valence electrons. The summed E-state index contributed by atoms with van der Waals surface area (Å²) in [6, 6.07) is 15.4. The Hall–Kier alpha value is -2.38. The molecule has 7 heteroatoms. The summed E-state index contributed by atoms with van der Waals surface area (Å²) in [5, 5.41) is 12.4. The monoisotopic (exact) mass is 356 g/mol. The minimum Gasteiger partial charge on any atom is -0.366 e. The lowest BCUT2D eigenvalue weighted by Crippen LogP contribution is -2.10. The van der Waals surface area contributed by atoms with Crippen LogP contribution < -0.4 is 11.1 Å². The second kappa shape index (κ2) is 7.46. The molecule has 0 spiro atoms. The molecule has 3 N–H and O–H groups in total. The Balaban J connectivity index is 1.58. The van der Waals surface area contributed by atoms with E-state index in [-0.39, 0.29) is 0 Å². The van der Waals surface area contributed by atoms with Crippen LogP contribution in [0.4, 0.5) is 10.8 Å². The number of anilines is 2. The van der Waals surface area contributed by atoms with E-state index in [1.807, 2.05) is 24.3 Å². The van der Waals surface area contributed by atoms with Crippen LogP contribution in [0, 0.1) is 6.92 Å². The van der Waals surface area contributed by atoms with Gasteiger partial charge in [0.05, 0.1) is 0 Å². The van der Waals surface area contributed by atoms with Crippen molar-refractivity contribution in [2.45, 2.75) is 17.0 Å². The molecule has 0 fully saturated rings. The van der Waals surface area contributed by atoms with Crippen LogP contribution in [0.15, 0.2) is 52.9 Å². The van der Waals surface area contributed by atoms with Crippen molar-refractivity contribution in [2.75, 3.05) is 5.32 Å². The molecule has 2 aromatic carbocycles.